The minimum atomic E-state index is -0.918. The van der Waals surface area contributed by atoms with E-state index in [1.807, 2.05) is 6.07 Å². The van der Waals surface area contributed by atoms with E-state index in [4.69, 9.17) is 0 Å². The summed E-state index contributed by atoms with van der Waals surface area (Å²) in [6.45, 7) is 0. The molecule has 0 spiro atoms. The number of aliphatic hydroxyl groups is 1. The van der Waals surface area contributed by atoms with Gasteiger partial charge in [0.1, 0.15) is 5.82 Å². The van der Waals surface area contributed by atoms with Gasteiger partial charge in [-0.3, -0.25) is 0 Å². The third-order valence-corrected chi connectivity index (χ3v) is 3.02. The van der Waals surface area contributed by atoms with E-state index in [-0.39, 0.29) is 5.82 Å². The summed E-state index contributed by atoms with van der Waals surface area (Å²) in [4.78, 5) is 0. The van der Waals surface area contributed by atoms with Gasteiger partial charge >= 0.3 is 0 Å². The van der Waals surface area contributed by atoms with Gasteiger partial charge in [0.25, 0.3) is 0 Å². The van der Waals surface area contributed by atoms with Crippen molar-refractivity contribution in [2.75, 3.05) is 0 Å². The SMILES string of the molecule is OC1NC=Cc2cc(C3CC3)cc(F)c21. The van der Waals surface area contributed by atoms with Gasteiger partial charge in [0.05, 0.1) is 0 Å². The van der Waals surface area contributed by atoms with Crippen LogP contribution < -0.4 is 5.32 Å². The molecule has 1 unspecified atom stereocenters. The van der Waals surface area contributed by atoms with Crippen LogP contribution in [-0.2, 0) is 0 Å². The first-order chi connectivity index (χ1) is 7.25. The van der Waals surface area contributed by atoms with E-state index in [2.05, 4.69) is 5.32 Å². The third-order valence-electron chi connectivity index (χ3n) is 3.02. The lowest BCUT2D eigenvalue weighted by atomic mass is 9.98. The lowest BCUT2D eigenvalue weighted by molar-refractivity contribution is 0.150. The highest BCUT2D eigenvalue weighted by atomic mass is 19.1. The molecule has 2 nitrogen and oxygen atoms in total. The van der Waals surface area contributed by atoms with Gasteiger partial charge in [0.15, 0.2) is 6.23 Å². The number of rotatable bonds is 1. The molecule has 1 atom stereocenters. The lowest BCUT2D eigenvalue weighted by Gasteiger charge is -2.20. The van der Waals surface area contributed by atoms with Gasteiger partial charge in [-0.2, -0.15) is 0 Å². The Morgan fingerprint density at radius 3 is 2.87 bits per heavy atom. The van der Waals surface area contributed by atoms with Crippen molar-refractivity contribution >= 4 is 6.08 Å². The molecular formula is C12H12FNO. The third kappa shape index (κ3) is 1.43. The first kappa shape index (κ1) is 8.92. The summed E-state index contributed by atoms with van der Waals surface area (Å²) in [6.07, 6.45) is 4.85. The van der Waals surface area contributed by atoms with E-state index in [0.717, 1.165) is 24.0 Å². The zero-order chi connectivity index (χ0) is 10.4. The van der Waals surface area contributed by atoms with Gasteiger partial charge in [-0.25, -0.2) is 4.39 Å². The maximum Gasteiger partial charge on any atom is 0.153 e. The van der Waals surface area contributed by atoms with E-state index in [1.165, 1.54) is 0 Å². The number of aliphatic hydroxyl groups excluding tert-OH is 1. The van der Waals surface area contributed by atoms with E-state index >= 15 is 0 Å². The fourth-order valence-corrected chi connectivity index (χ4v) is 2.05. The maximum atomic E-state index is 13.7. The van der Waals surface area contributed by atoms with E-state index in [0.29, 0.717) is 11.5 Å². The van der Waals surface area contributed by atoms with Crippen LogP contribution in [-0.4, -0.2) is 5.11 Å². The monoisotopic (exact) mass is 205 g/mol. The van der Waals surface area contributed by atoms with Crippen LogP contribution in [0.2, 0.25) is 0 Å². The molecule has 2 N–H and O–H groups in total. The van der Waals surface area contributed by atoms with Crippen molar-refractivity contribution in [1.29, 1.82) is 0 Å². The van der Waals surface area contributed by atoms with Gasteiger partial charge in [0.2, 0.25) is 0 Å². The first-order valence-corrected chi connectivity index (χ1v) is 5.20. The molecule has 1 aromatic rings. The fourth-order valence-electron chi connectivity index (χ4n) is 2.05. The molecular weight excluding hydrogens is 193 g/mol. The molecule has 1 aliphatic carbocycles. The molecule has 3 heteroatoms. The largest absolute Gasteiger partial charge is 0.369 e. The number of hydrogen-bond donors (Lipinski definition) is 2. The summed E-state index contributed by atoms with van der Waals surface area (Å²) >= 11 is 0. The number of benzene rings is 1. The van der Waals surface area contributed by atoms with Gasteiger partial charge < -0.3 is 10.4 Å². The van der Waals surface area contributed by atoms with Crippen LogP contribution in [0.4, 0.5) is 4.39 Å². The molecule has 0 saturated heterocycles. The molecule has 78 valence electrons. The predicted molar refractivity (Wildman–Crippen MR) is 55.5 cm³/mol. The van der Waals surface area contributed by atoms with Crippen molar-refractivity contribution in [3.63, 3.8) is 0 Å². The Morgan fingerprint density at radius 2 is 2.13 bits per heavy atom. The standard InChI is InChI=1S/C12H12FNO/c13-10-6-9(7-1-2-7)5-8-3-4-14-12(15)11(8)10/h3-7,12,14-15H,1-2H2. The molecule has 1 aliphatic heterocycles. The van der Waals surface area contributed by atoms with Crippen molar-refractivity contribution in [3.8, 4) is 0 Å². The first-order valence-electron chi connectivity index (χ1n) is 5.20. The summed E-state index contributed by atoms with van der Waals surface area (Å²) in [6, 6.07) is 3.54. The lowest BCUT2D eigenvalue weighted by Crippen LogP contribution is -2.20. The van der Waals surface area contributed by atoms with Crippen LogP contribution >= 0.6 is 0 Å². The van der Waals surface area contributed by atoms with Crippen molar-refractivity contribution < 1.29 is 9.50 Å². The molecule has 0 aromatic heterocycles. The topological polar surface area (TPSA) is 32.3 Å². The summed E-state index contributed by atoms with van der Waals surface area (Å²) < 4.78 is 13.7. The number of hydrogen-bond acceptors (Lipinski definition) is 2. The second-order valence-corrected chi connectivity index (χ2v) is 4.18. The van der Waals surface area contributed by atoms with Crippen LogP contribution in [0.15, 0.2) is 18.3 Å². The van der Waals surface area contributed by atoms with Gasteiger partial charge in [-0.05, 0) is 48.2 Å². The zero-order valence-electron chi connectivity index (χ0n) is 8.20. The molecule has 0 amide bonds. The highest BCUT2D eigenvalue weighted by molar-refractivity contribution is 5.58. The Hall–Kier alpha value is -1.35. The Balaban J connectivity index is 2.13. The Morgan fingerprint density at radius 1 is 1.33 bits per heavy atom. The quantitative estimate of drug-likeness (QED) is 0.737. The number of nitrogens with one attached hydrogen (secondary N) is 1. The Labute approximate surface area is 87.4 Å². The average Bonchev–Trinajstić information content (AvgIpc) is 3.00. The minimum Gasteiger partial charge on any atom is -0.369 e. The smallest absolute Gasteiger partial charge is 0.153 e. The molecule has 3 rings (SSSR count). The summed E-state index contributed by atoms with van der Waals surface area (Å²) in [7, 11) is 0. The summed E-state index contributed by atoms with van der Waals surface area (Å²) in [5, 5.41) is 12.3. The fraction of sp³-hybridized carbons (Fsp3) is 0.333. The van der Waals surface area contributed by atoms with Crippen molar-refractivity contribution in [2.45, 2.75) is 25.0 Å². The van der Waals surface area contributed by atoms with Crippen LogP contribution in [0.5, 0.6) is 0 Å². The molecule has 2 aliphatic rings. The number of fused-ring (bicyclic) bond motifs is 1. The zero-order valence-corrected chi connectivity index (χ0v) is 8.20. The normalized spacial score (nSPS) is 23.5. The highest BCUT2D eigenvalue weighted by Crippen LogP contribution is 2.42. The van der Waals surface area contributed by atoms with Crippen LogP contribution in [0, 0.1) is 5.82 Å². The molecule has 1 heterocycles. The minimum absolute atomic E-state index is 0.307. The molecule has 15 heavy (non-hydrogen) atoms. The second kappa shape index (κ2) is 3.07. The van der Waals surface area contributed by atoms with Gasteiger partial charge in [-0.15, -0.1) is 0 Å². The Kier molecular flexibility index (Phi) is 1.83. The van der Waals surface area contributed by atoms with Crippen molar-refractivity contribution in [1.82, 2.24) is 5.32 Å². The second-order valence-electron chi connectivity index (χ2n) is 4.18. The molecule has 1 aromatic carbocycles. The summed E-state index contributed by atoms with van der Waals surface area (Å²) in [5.74, 6) is 0.226. The van der Waals surface area contributed by atoms with Crippen LogP contribution in [0.1, 0.15) is 41.7 Å². The van der Waals surface area contributed by atoms with E-state index in [1.54, 1.807) is 18.3 Å². The molecule has 1 fully saturated rings. The maximum absolute atomic E-state index is 13.7. The predicted octanol–water partition coefficient (Wildman–Crippen LogP) is 2.27. The summed E-state index contributed by atoms with van der Waals surface area (Å²) in [5.41, 5.74) is 2.22. The van der Waals surface area contributed by atoms with Crippen molar-refractivity contribution in [2.24, 2.45) is 0 Å². The van der Waals surface area contributed by atoms with E-state index < -0.39 is 6.23 Å². The molecule has 0 radical (unpaired) electrons. The van der Waals surface area contributed by atoms with Crippen LogP contribution in [0.3, 0.4) is 0 Å². The highest BCUT2D eigenvalue weighted by Gasteiger charge is 2.27. The van der Waals surface area contributed by atoms with Gasteiger partial charge in [0, 0.05) is 5.56 Å². The number of halogens is 1. The van der Waals surface area contributed by atoms with Crippen LogP contribution in [0.25, 0.3) is 6.08 Å². The van der Waals surface area contributed by atoms with Gasteiger partial charge in [-0.1, -0.05) is 6.07 Å². The van der Waals surface area contributed by atoms with Crippen molar-refractivity contribution in [3.05, 3.63) is 40.8 Å². The average molecular weight is 205 g/mol. The Bertz CT molecular complexity index is 437. The molecule has 1 saturated carbocycles. The van der Waals surface area contributed by atoms with E-state index in [9.17, 15) is 9.50 Å². The molecule has 0 bridgehead atoms.